The zero-order valence-electron chi connectivity index (χ0n) is 12.9. The van der Waals surface area contributed by atoms with Crippen molar-refractivity contribution in [1.82, 2.24) is 15.5 Å². The number of carbonyl (C=O) groups is 2. The summed E-state index contributed by atoms with van der Waals surface area (Å²) in [5, 5.41) is 5.44. The van der Waals surface area contributed by atoms with Gasteiger partial charge in [0.2, 0.25) is 5.91 Å². The molecule has 2 amide bonds. The molecule has 1 aromatic rings. The zero-order chi connectivity index (χ0) is 15.8. The number of ether oxygens (including phenoxy) is 1. The molecule has 1 aliphatic heterocycles. The van der Waals surface area contributed by atoms with Crippen molar-refractivity contribution in [2.45, 2.75) is 6.92 Å². The van der Waals surface area contributed by atoms with Crippen LogP contribution in [0.1, 0.15) is 15.9 Å². The Hall–Kier alpha value is -1.92. The van der Waals surface area contributed by atoms with Gasteiger partial charge in [-0.2, -0.15) is 0 Å². The van der Waals surface area contributed by atoms with E-state index < -0.39 is 0 Å². The molecule has 0 saturated carbocycles. The molecule has 6 heteroatoms. The highest BCUT2D eigenvalue weighted by molar-refractivity contribution is 5.96. The van der Waals surface area contributed by atoms with Crippen molar-refractivity contribution in [1.29, 1.82) is 0 Å². The third kappa shape index (κ3) is 5.46. The number of hydrogen-bond donors (Lipinski definition) is 2. The number of hydrogen-bond acceptors (Lipinski definition) is 4. The molecule has 0 aromatic heterocycles. The van der Waals surface area contributed by atoms with Gasteiger partial charge in [-0.05, 0) is 19.1 Å². The normalized spacial score (nSPS) is 15.3. The largest absolute Gasteiger partial charge is 0.379 e. The smallest absolute Gasteiger partial charge is 0.251 e. The van der Waals surface area contributed by atoms with Crippen molar-refractivity contribution < 1.29 is 14.3 Å². The molecule has 1 fully saturated rings. The van der Waals surface area contributed by atoms with Gasteiger partial charge in [-0.3, -0.25) is 14.5 Å². The molecular weight excluding hydrogens is 282 g/mol. The fraction of sp³-hybridized carbons (Fsp3) is 0.500. The van der Waals surface area contributed by atoms with Gasteiger partial charge < -0.3 is 15.4 Å². The average Bonchev–Trinajstić information content (AvgIpc) is 2.53. The van der Waals surface area contributed by atoms with Gasteiger partial charge >= 0.3 is 0 Å². The van der Waals surface area contributed by atoms with E-state index >= 15 is 0 Å². The molecule has 0 spiro atoms. The van der Waals surface area contributed by atoms with E-state index in [0.717, 1.165) is 38.4 Å². The van der Waals surface area contributed by atoms with Gasteiger partial charge in [-0.1, -0.05) is 17.7 Å². The first-order chi connectivity index (χ1) is 10.6. The first-order valence-corrected chi connectivity index (χ1v) is 7.57. The van der Waals surface area contributed by atoms with Crippen LogP contribution in [-0.4, -0.2) is 62.7 Å². The van der Waals surface area contributed by atoms with Gasteiger partial charge in [-0.15, -0.1) is 0 Å². The quantitative estimate of drug-likeness (QED) is 0.786. The van der Waals surface area contributed by atoms with Gasteiger partial charge in [0.15, 0.2) is 0 Å². The summed E-state index contributed by atoms with van der Waals surface area (Å²) in [5.41, 5.74) is 1.59. The predicted molar refractivity (Wildman–Crippen MR) is 83.8 cm³/mol. The maximum absolute atomic E-state index is 11.9. The Balaban J connectivity index is 1.63. The summed E-state index contributed by atoms with van der Waals surface area (Å²) in [6.07, 6.45) is 0. The van der Waals surface area contributed by atoms with Crippen LogP contribution in [0.4, 0.5) is 0 Å². The van der Waals surface area contributed by atoms with Crippen molar-refractivity contribution in [3.8, 4) is 0 Å². The van der Waals surface area contributed by atoms with E-state index in [-0.39, 0.29) is 18.4 Å². The standard InChI is InChI=1S/C16H23N3O3/c1-13-3-2-4-14(11-13)16(21)18-12-15(20)17-5-6-19-7-9-22-10-8-19/h2-4,11H,5-10,12H2,1H3,(H,17,20)(H,18,21). The SMILES string of the molecule is Cc1cccc(C(=O)NCC(=O)NCCN2CCOCC2)c1. The molecule has 2 N–H and O–H groups in total. The number of benzene rings is 1. The fourth-order valence-electron chi connectivity index (χ4n) is 2.29. The van der Waals surface area contributed by atoms with E-state index in [1.54, 1.807) is 12.1 Å². The van der Waals surface area contributed by atoms with Crippen molar-refractivity contribution in [3.63, 3.8) is 0 Å². The molecule has 1 heterocycles. The molecule has 2 rings (SSSR count). The molecule has 120 valence electrons. The molecule has 6 nitrogen and oxygen atoms in total. The van der Waals surface area contributed by atoms with E-state index in [9.17, 15) is 9.59 Å². The second-order valence-electron chi connectivity index (χ2n) is 5.36. The lowest BCUT2D eigenvalue weighted by molar-refractivity contribution is -0.120. The first kappa shape index (κ1) is 16.5. The number of morpholine rings is 1. The Bertz CT molecular complexity index is 513. The number of carbonyl (C=O) groups excluding carboxylic acids is 2. The summed E-state index contributed by atoms with van der Waals surface area (Å²) < 4.78 is 5.27. The molecular formula is C16H23N3O3. The molecule has 1 saturated heterocycles. The molecule has 1 aromatic carbocycles. The van der Waals surface area contributed by atoms with Crippen LogP contribution in [0.3, 0.4) is 0 Å². The van der Waals surface area contributed by atoms with E-state index in [4.69, 9.17) is 4.74 Å². The summed E-state index contributed by atoms with van der Waals surface area (Å²) in [4.78, 5) is 25.9. The number of nitrogens with zero attached hydrogens (tertiary/aromatic N) is 1. The summed E-state index contributed by atoms with van der Waals surface area (Å²) in [5.74, 6) is -0.402. The Labute approximate surface area is 130 Å². The Kier molecular flexibility index (Phi) is 6.36. The highest BCUT2D eigenvalue weighted by Gasteiger charge is 2.11. The molecule has 0 aliphatic carbocycles. The summed E-state index contributed by atoms with van der Waals surface area (Å²) in [6.45, 7) is 6.62. The number of amides is 2. The highest BCUT2D eigenvalue weighted by Crippen LogP contribution is 2.03. The molecule has 0 unspecified atom stereocenters. The minimum absolute atomic E-state index is 0.00408. The maximum Gasteiger partial charge on any atom is 0.251 e. The van der Waals surface area contributed by atoms with E-state index in [0.29, 0.717) is 12.1 Å². The second kappa shape index (κ2) is 8.51. The molecule has 22 heavy (non-hydrogen) atoms. The predicted octanol–water partition coefficient (Wildman–Crippen LogP) is 0.173. The fourth-order valence-corrected chi connectivity index (χ4v) is 2.29. The Morgan fingerprint density at radius 1 is 1.23 bits per heavy atom. The van der Waals surface area contributed by atoms with Crippen LogP contribution < -0.4 is 10.6 Å². The van der Waals surface area contributed by atoms with Gasteiger partial charge in [0.1, 0.15) is 0 Å². The maximum atomic E-state index is 11.9. The van der Waals surface area contributed by atoms with Gasteiger partial charge in [0.25, 0.3) is 5.91 Å². The van der Waals surface area contributed by atoms with Crippen LogP contribution in [0, 0.1) is 6.92 Å². The summed E-state index contributed by atoms with van der Waals surface area (Å²) in [6, 6.07) is 7.28. The monoisotopic (exact) mass is 305 g/mol. The van der Waals surface area contributed by atoms with Gasteiger partial charge in [0.05, 0.1) is 19.8 Å². The van der Waals surface area contributed by atoms with Gasteiger partial charge in [-0.25, -0.2) is 0 Å². The average molecular weight is 305 g/mol. The second-order valence-corrected chi connectivity index (χ2v) is 5.36. The third-order valence-corrected chi connectivity index (χ3v) is 3.54. The van der Waals surface area contributed by atoms with Crippen LogP contribution in [0.2, 0.25) is 0 Å². The topological polar surface area (TPSA) is 70.7 Å². The van der Waals surface area contributed by atoms with Crippen LogP contribution in [-0.2, 0) is 9.53 Å². The minimum Gasteiger partial charge on any atom is -0.379 e. The molecule has 0 atom stereocenters. The summed E-state index contributed by atoms with van der Waals surface area (Å²) >= 11 is 0. The Morgan fingerprint density at radius 2 is 2.00 bits per heavy atom. The summed E-state index contributed by atoms with van der Waals surface area (Å²) in [7, 11) is 0. The van der Waals surface area contributed by atoms with Gasteiger partial charge in [0, 0.05) is 31.7 Å². The lowest BCUT2D eigenvalue weighted by Gasteiger charge is -2.26. The van der Waals surface area contributed by atoms with Crippen LogP contribution in [0.5, 0.6) is 0 Å². The number of nitrogens with one attached hydrogen (secondary N) is 2. The zero-order valence-corrected chi connectivity index (χ0v) is 12.9. The van der Waals surface area contributed by atoms with E-state index in [1.807, 2.05) is 19.1 Å². The van der Waals surface area contributed by atoms with Crippen LogP contribution in [0.15, 0.2) is 24.3 Å². The minimum atomic E-state index is -0.230. The number of rotatable bonds is 6. The lowest BCUT2D eigenvalue weighted by atomic mass is 10.1. The molecule has 0 bridgehead atoms. The molecule has 1 aliphatic rings. The van der Waals surface area contributed by atoms with E-state index in [2.05, 4.69) is 15.5 Å². The molecule has 0 radical (unpaired) electrons. The third-order valence-electron chi connectivity index (χ3n) is 3.54. The van der Waals surface area contributed by atoms with Crippen LogP contribution >= 0.6 is 0 Å². The van der Waals surface area contributed by atoms with E-state index in [1.165, 1.54) is 0 Å². The van der Waals surface area contributed by atoms with Crippen molar-refractivity contribution in [2.24, 2.45) is 0 Å². The lowest BCUT2D eigenvalue weighted by Crippen LogP contribution is -2.43. The van der Waals surface area contributed by atoms with Crippen molar-refractivity contribution in [3.05, 3.63) is 35.4 Å². The van der Waals surface area contributed by atoms with Crippen LogP contribution in [0.25, 0.3) is 0 Å². The Morgan fingerprint density at radius 3 is 2.73 bits per heavy atom. The van der Waals surface area contributed by atoms with Crippen molar-refractivity contribution in [2.75, 3.05) is 45.9 Å². The number of aryl methyl sites for hydroxylation is 1. The highest BCUT2D eigenvalue weighted by atomic mass is 16.5. The van der Waals surface area contributed by atoms with Crippen molar-refractivity contribution >= 4 is 11.8 Å². The first-order valence-electron chi connectivity index (χ1n) is 7.57.